The standard InChI is InChI=1S/C25H31N3O4S/c1-19(29)28-23-13-12-22(33(31,32)27-15-6-3-7-16-27)17-21(23)18-24(28)25(30)26-14-8-11-20-9-4-2-5-10-20/h2,4-5,9-10,12-13,17,24H,3,6-8,11,14-16,18H2,1H3,(H,26,30)/t24-/m1/s1. The Morgan fingerprint density at radius 3 is 2.45 bits per heavy atom. The third-order valence-corrected chi connectivity index (χ3v) is 8.31. The Balaban J connectivity index is 1.44. The normalized spacial score (nSPS) is 18.7. The second kappa shape index (κ2) is 10.1. The molecule has 2 amide bonds. The number of anilines is 1. The van der Waals surface area contributed by atoms with Crippen molar-refractivity contribution in [3.63, 3.8) is 0 Å². The molecule has 1 atom stereocenters. The maximum Gasteiger partial charge on any atom is 0.243 e. The second-order valence-corrected chi connectivity index (χ2v) is 10.7. The van der Waals surface area contributed by atoms with Crippen LogP contribution in [-0.2, 0) is 32.5 Å². The number of piperidine rings is 1. The number of sulfonamides is 1. The number of aryl methyl sites for hydroxylation is 1. The number of benzene rings is 2. The highest BCUT2D eigenvalue weighted by Crippen LogP contribution is 2.35. The Hall–Kier alpha value is -2.71. The molecule has 0 bridgehead atoms. The Kier molecular flexibility index (Phi) is 7.14. The van der Waals surface area contributed by atoms with Gasteiger partial charge in [0.2, 0.25) is 21.8 Å². The number of hydrogen-bond donors (Lipinski definition) is 1. The van der Waals surface area contributed by atoms with Crippen molar-refractivity contribution in [3.05, 3.63) is 59.7 Å². The molecule has 7 nitrogen and oxygen atoms in total. The summed E-state index contributed by atoms with van der Waals surface area (Å²) in [6.07, 6.45) is 4.76. The van der Waals surface area contributed by atoms with Crippen molar-refractivity contribution in [2.75, 3.05) is 24.5 Å². The van der Waals surface area contributed by atoms with Gasteiger partial charge in [0.25, 0.3) is 0 Å². The van der Waals surface area contributed by atoms with E-state index in [-0.39, 0.29) is 16.7 Å². The van der Waals surface area contributed by atoms with Crippen LogP contribution >= 0.6 is 0 Å². The average Bonchev–Trinajstić information content (AvgIpc) is 3.22. The second-order valence-electron chi connectivity index (χ2n) is 8.74. The predicted molar refractivity (Wildman–Crippen MR) is 127 cm³/mol. The summed E-state index contributed by atoms with van der Waals surface area (Å²) in [5.41, 5.74) is 2.55. The van der Waals surface area contributed by atoms with E-state index in [1.54, 1.807) is 18.2 Å². The van der Waals surface area contributed by atoms with E-state index in [0.717, 1.165) is 32.1 Å². The highest BCUT2D eigenvalue weighted by Gasteiger charge is 2.38. The molecule has 8 heteroatoms. The molecule has 33 heavy (non-hydrogen) atoms. The molecule has 2 aromatic rings. The van der Waals surface area contributed by atoms with Gasteiger partial charge in [-0.2, -0.15) is 4.31 Å². The molecular weight excluding hydrogens is 438 g/mol. The average molecular weight is 470 g/mol. The Morgan fingerprint density at radius 1 is 1.03 bits per heavy atom. The quantitative estimate of drug-likeness (QED) is 0.632. The smallest absolute Gasteiger partial charge is 0.243 e. The van der Waals surface area contributed by atoms with Gasteiger partial charge in [0, 0.05) is 38.7 Å². The van der Waals surface area contributed by atoms with E-state index in [1.807, 2.05) is 18.2 Å². The van der Waals surface area contributed by atoms with Gasteiger partial charge in [0.05, 0.1) is 4.90 Å². The van der Waals surface area contributed by atoms with Gasteiger partial charge in [-0.3, -0.25) is 14.5 Å². The molecule has 1 fully saturated rings. The maximum atomic E-state index is 13.1. The number of amides is 2. The Morgan fingerprint density at radius 2 is 1.76 bits per heavy atom. The molecule has 2 aliphatic heterocycles. The number of rotatable bonds is 7. The van der Waals surface area contributed by atoms with Gasteiger partial charge in [-0.05, 0) is 55.0 Å². The molecule has 2 heterocycles. The van der Waals surface area contributed by atoms with Crippen LogP contribution in [0.25, 0.3) is 0 Å². The number of nitrogens with zero attached hydrogens (tertiary/aromatic N) is 2. The Labute approximate surface area is 195 Å². The third-order valence-electron chi connectivity index (χ3n) is 6.41. The molecule has 0 spiro atoms. The van der Waals surface area contributed by atoms with Crippen LogP contribution in [0.4, 0.5) is 5.69 Å². The summed E-state index contributed by atoms with van der Waals surface area (Å²) < 4.78 is 27.7. The van der Waals surface area contributed by atoms with Gasteiger partial charge in [0.15, 0.2) is 0 Å². The first-order valence-corrected chi connectivity index (χ1v) is 13.1. The van der Waals surface area contributed by atoms with Crippen LogP contribution in [0.15, 0.2) is 53.4 Å². The van der Waals surface area contributed by atoms with Crippen molar-refractivity contribution in [2.45, 2.75) is 56.4 Å². The zero-order valence-corrected chi connectivity index (χ0v) is 19.8. The summed E-state index contributed by atoms with van der Waals surface area (Å²) in [5.74, 6) is -0.445. The minimum absolute atomic E-state index is 0.213. The highest BCUT2D eigenvalue weighted by molar-refractivity contribution is 7.89. The zero-order chi connectivity index (χ0) is 23.4. The van der Waals surface area contributed by atoms with Crippen LogP contribution in [0.3, 0.4) is 0 Å². The fourth-order valence-electron chi connectivity index (χ4n) is 4.71. The van der Waals surface area contributed by atoms with Crippen molar-refractivity contribution >= 4 is 27.5 Å². The van der Waals surface area contributed by atoms with Crippen LogP contribution in [0.5, 0.6) is 0 Å². The number of carbonyl (C=O) groups is 2. The lowest BCUT2D eigenvalue weighted by atomic mass is 10.1. The SMILES string of the molecule is CC(=O)N1c2ccc(S(=O)(=O)N3CCCCC3)cc2C[C@@H]1C(=O)NCCCc1ccccc1. The van der Waals surface area contributed by atoms with E-state index in [2.05, 4.69) is 17.4 Å². The molecule has 2 aromatic carbocycles. The van der Waals surface area contributed by atoms with E-state index in [0.29, 0.717) is 37.3 Å². The molecule has 0 unspecified atom stereocenters. The first-order chi connectivity index (χ1) is 15.9. The van der Waals surface area contributed by atoms with Crippen molar-refractivity contribution in [1.82, 2.24) is 9.62 Å². The summed E-state index contributed by atoms with van der Waals surface area (Å²) in [6.45, 7) is 3.02. The van der Waals surface area contributed by atoms with E-state index >= 15 is 0 Å². The molecule has 4 rings (SSSR count). The Bertz CT molecular complexity index is 1110. The molecule has 0 radical (unpaired) electrons. The number of fused-ring (bicyclic) bond motifs is 1. The van der Waals surface area contributed by atoms with Crippen LogP contribution in [0.1, 0.15) is 43.7 Å². The van der Waals surface area contributed by atoms with Crippen molar-refractivity contribution in [2.24, 2.45) is 0 Å². The molecule has 1 N–H and O–H groups in total. The minimum Gasteiger partial charge on any atom is -0.354 e. The zero-order valence-electron chi connectivity index (χ0n) is 19.0. The lowest BCUT2D eigenvalue weighted by Crippen LogP contribution is -2.47. The lowest BCUT2D eigenvalue weighted by molar-refractivity contribution is -0.125. The van der Waals surface area contributed by atoms with E-state index in [4.69, 9.17) is 0 Å². The first-order valence-electron chi connectivity index (χ1n) is 11.6. The fraction of sp³-hybridized carbons (Fsp3) is 0.440. The maximum absolute atomic E-state index is 13.1. The summed E-state index contributed by atoms with van der Waals surface area (Å²) in [4.78, 5) is 27.0. The van der Waals surface area contributed by atoms with Gasteiger partial charge in [-0.15, -0.1) is 0 Å². The number of nitrogens with one attached hydrogen (secondary N) is 1. The third kappa shape index (κ3) is 5.12. The fourth-order valence-corrected chi connectivity index (χ4v) is 6.28. The molecular formula is C25H31N3O4S. The first kappa shape index (κ1) is 23.4. The van der Waals surface area contributed by atoms with E-state index in [1.165, 1.54) is 21.7 Å². The van der Waals surface area contributed by atoms with Gasteiger partial charge < -0.3 is 5.32 Å². The van der Waals surface area contributed by atoms with E-state index in [9.17, 15) is 18.0 Å². The highest BCUT2D eigenvalue weighted by atomic mass is 32.2. The van der Waals surface area contributed by atoms with Gasteiger partial charge >= 0.3 is 0 Å². The molecule has 2 aliphatic rings. The summed E-state index contributed by atoms with van der Waals surface area (Å²) >= 11 is 0. The number of carbonyl (C=O) groups excluding carboxylic acids is 2. The summed E-state index contributed by atoms with van der Waals surface area (Å²) in [7, 11) is -3.57. The van der Waals surface area contributed by atoms with Crippen LogP contribution in [0, 0.1) is 0 Å². The summed E-state index contributed by atoms with van der Waals surface area (Å²) in [5, 5.41) is 2.95. The van der Waals surface area contributed by atoms with Crippen LogP contribution < -0.4 is 10.2 Å². The van der Waals surface area contributed by atoms with Crippen molar-refractivity contribution < 1.29 is 18.0 Å². The van der Waals surface area contributed by atoms with Crippen LogP contribution in [0.2, 0.25) is 0 Å². The van der Waals surface area contributed by atoms with Crippen molar-refractivity contribution in [3.8, 4) is 0 Å². The molecule has 176 valence electrons. The predicted octanol–water partition coefficient (Wildman–Crippen LogP) is 2.89. The van der Waals surface area contributed by atoms with Gasteiger partial charge in [0.1, 0.15) is 6.04 Å². The molecule has 0 saturated carbocycles. The van der Waals surface area contributed by atoms with Crippen LogP contribution in [-0.4, -0.2) is 50.2 Å². The summed E-state index contributed by atoms with van der Waals surface area (Å²) in [6, 6.07) is 14.3. The topological polar surface area (TPSA) is 86.8 Å². The largest absolute Gasteiger partial charge is 0.354 e. The van der Waals surface area contributed by atoms with Gasteiger partial charge in [-0.25, -0.2) is 8.42 Å². The number of hydrogen-bond acceptors (Lipinski definition) is 4. The lowest BCUT2D eigenvalue weighted by Gasteiger charge is -2.26. The van der Waals surface area contributed by atoms with Gasteiger partial charge in [-0.1, -0.05) is 36.8 Å². The van der Waals surface area contributed by atoms with E-state index < -0.39 is 16.1 Å². The van der Waals surface area contributed by atoms with Crippen molar-refractivity contribution in [1.29, 1.82) is 0 Å². The minimum atomic E-state index is -3.57. The monoisotopic (exact) mass is 469 g/mol. The molecule has 0 aliphatic carbocycles. The molecule has 0 aromatic heterocycles. The molecule has 1 saturated heterocycles.